The maximum atomic E-state index is 4.26. The fourth-order valence-corrected chi connectivity index (χ4v) is 2.14. The van der Waals surface area contributed by atoms with Gasteiger partial charge < -0.3 is 5.32 Å². The molecule has 1 heterocycles. The molecule has 0 aliphatic heterocycles. The zero-order chi connectivity index (χ0) is 10.7. The summed E-state index contributed by atoms with van der Waals surface area (Å²) in [5, 5.41) is 7.79. The van der Waals surface area contributed by atoms with Gasteiger partial charge in [0.05, 0.1) is 6.20 Å². The number of aryl methyl sites for hydroxylation is 1. The van der Waals surface area contributed by atoms with E-state index in [0.29, 0.717) is 5.41 Å². The average molecular weight is 207 g/mol. The van der Waals surface area contributed by atoms with E-state index >= 15 is 0 Å². The van der Waals surface area contributed by atoms with Crippen molar-refractivity contribution in [2.75, 3.05) is 6.54 Å². The normalized spacial score (nSPS) is 18.8. The van der Waals surface area contributed by atoms with Gasteiger partial charge in [-0.3, -0.25) is 4.68 Å². The van der Waals surface area contributed by atoms with Crippen LogP contribution >= 0.6 is 0 Å². The number of nitrogens with zero attached hydrogens (tertiary/aromatic N) is 2. The molecule has 1 aliphatic carbocycles. The molecule has 84 valence electrons. The third kappa shape index (κ3) is 2.59. The van der Waals surface area contributed by atoms with Gasteiger partial charge in [-0.05, 0) is 25.2 Å². The molecular weight excluding hydrogens is 186 g/mol. The first-order valence-electron chi connectivity index (χ1n) is 5.94. The summed E-state index contributed by atoms with van der Waals surface area (Å²) in [6.45, 7) is 7.54. The second-order valence-corrected chi connectivity index (χ2v) is 4.97. The Hall–Kier alpha value is -0.830. The molecule has 1 aromatic rings. The molecule has 15 heavy (non-hydrogen) atoms. The summed E-state index contributed by atoms with van der Waals surface area (Å²) >= 11 is 0. The fourth-order valence-electron chi connectivity index (χ4n) is 2.14. The molecule has 0 amide bonds. The van der Waals surface area contributed by atoms with Crippen molar-refractivity contribution >= 4 is 0 Å². The van der Waals surface area contributed by atoms with E-state index in [4.69, 9.17) is 0 Å². The molecule has 0 atom stereocenters. The minimum atomic E-state index is 0.570. The summed E-state index contributed by atoms with van der Waals surface area (Å²) < 4.78 is 1.97. The zero-order valence-corrected chi connectivity index (χ0v) is 9.79. The van der Waals surface area contributed by atoms with Gasteiger partial charge in [-0.2, -0.15) is 5.10 Å². The van der Waals surface area contributed by atoms with E-state index < -0.39 is 0 Å². The average Bonchev–Trinajstić information content (AvgIpc) is 2.63. The summed E-state index contributed by atoms with van der Waals surface area (Å²) in [6.07, 6.45) is 8.25. The second-order valence-electron chi connectivity index (χ2n) is 4.97. The largest absolute Gasteiger partial charge is 0.312 e. The Bertz CT molecular complexity index is 312. The quantitative estimate of drug-likeness (QED) is 0.802. The summed E-state index contributed by atoms with van der Waals surface area (Å²) in [7, 11) is 0. The van der Waals surface area contributed by atoms with Crippen LogP contribution in [0.1, 0.15) is 38.7 Å². The Labute approximate surface area is 91.9 Å². The lowest BCUT2D eigenvalue weighted by atomic mass is 9.70. The van der Waals surface area contributed by atoms with E-state index in [1.54, 1.807) is 0 Å². The number of nitrogens with one attached hydrogen (secondary N) is 1. The first kappa shape index (κ1) is 10.7. The molecule has 1 aliphatic rings. The van der Waals surface area contributed by atoms with Gasteiger partial charge in [-0.1, -0.05) is 13.3 Å². The molecule has 0 spiro atoms. The number of hydrogen-bond acceptors (Lipinski definition) is 2. The molecule has 0 unspecified atom stereocenters. The van der Waals surface area contributed by atoms with Crippen molar-refractivity contribution in [1.29, 1.82) is 0 Å². The highest BCUT2D eigenvalue weighted by atomic mass is 15.3. The van der Waals surface area contributed by atoms with Crippen molar-refractivity contribution in [2.24, 2.45) is 5.41 Å². The standard InChI is InChI=1S/C12H21N3/c1-3-15-9-11(8-14-15)7-13-10-12(2)5-4-6-12/h8-9,13H,3-7,10H2,1-2H3. The molecule has 3 heteroatoms. The van der Waals surface area contributed by atoms with Crippen molar-refractivity contribution in [2.45, 2.75) is 46.2 Å². The van der Waals surface area contributed by atoms with E-state index in [2.05, 4.69) is 30.5 Å². The molecule has 3 nitrogen and oxygen atoms in total. The predicted octanol–water partition coefficient (Wildman–Crippen LogP) is 2.18. The Morgan fingerprint density at radius 1 is 1.53 bits per heavy atom. The SMILES string of the molecule is CCn1cc(CNCC2(C)CCC2)cn1. The molecule has 0 radical (unpaired) electrons. The first-order valence-corrected chi connectivity index (χ1v) is 5.94. The summed E-state index contributed by atoms with van der Waals surface area (Å²) in [4.78, 5) is 0. The molecule has 1 fully saturated rings. The Morgan fingerprint density at radius 3 is 2.87 bits per heavy atom. The highest BCUT2D eigenvalue weighted by molar-refractivity contribution is 5.03. The van der Waals surface area contributed by atoms with Crippen LogP contribution in [-0.2, 0) is 13.1 Å². The Kier molecular flexibility index (Phi) is 3.10. The molecule has 1 aromatic heterocycles. The maximum Gasteiger partial charge on any atom is 0.0534 e. The summed E-state index contributed by atoms with van der Waals surface area (Å²) in [5.74, 6) is 0. The van der Waals surface area contributed by atoms with Crippen LogP contribution < -0.4 is 5.32 Å². The third-order valence-electron chi connectivity index (χ3n) is 3.45. The second kappa shape index (κ2) is 4.35. The topological polar surface area (TPSA) is 29.9 Å². The number of aromatic nitrogens is 2. The van der Waals surface area contributed by atoms with Crippen LogP contribution in [0.5, 0.6) is 0 Å². The van der Waals surface area contributed by atoms with Gasteiger partial charge in [0.15, 0.2) is 0 Å². The van der Waals surface area contributed by atoms with Crippen LogP contribution in [0.3, 0.4) is 0 Å². The van der Waals surface area contributed by atoms with Gasteiger partial charge in [0.25, 0.3) is 0 Å². The molecule has 2 rings (SSSR count). The highest BCUT2D eigenvalue weighted by Gasteiger charge is 2.30. The van der Waals surface area contributed by atoms with E-state index in [1.165, 1.54) is 24.8 Å². The van der Waals surface area contributed by atoms with Gasteiger partial charge in [-0.15, -0.1) is 0 Å². The van der Waals surface area contributed by atoms with Crippen molar-refractivity contribution in [3.63, 3.8) is 0 Å². The van der Waals surface area contributed by atoms with Gasteiger partial charge >= 0.3 is 0 Å². The molecule has 1 saturated carbocycles. The molecule has 0 bridgehead atoms. The monoisotopic (exact) mass is 207 g/mol. The van der Waals surface area contributed by atoms with E-state index in [1.807, 2.05) is 10.9 Å². The van der Waals surface area contributed by atoms with Gasteiger partial charge in [0.1, 0.15) is 0 Å². The number of rotatable bonds is 5. The van der Waals surface area contributed by atoms with Gasteiger partial charge in [-0.25, -0.2) is 0 Å². The Morgan fingerprint density at radius 2 is 2.33 bits per heavy atom. The lowest BCUT2D eigenvalue weighted by Crippen LogP contribution is -2.36. The van der Waals surface area contributed by atoms with Gasteiger partial charge in [0, 0.05) is 31.4 Å². The van der Waals surface area contributed by atoms with Crippen molar-refractivity contribution in [3.8, 4) is 0 Å². The van der Waals surface area contributed by atoms with Crippen LogP contribution in [0, 0.1) is 5.41 Å². The first-order chi connectivity index (χ1) is 7.22. The minimum Gasteiger partial charge on any atom is -0.312 e. The molecular formula is C12H21N3. The van der Waals surface area contributed by atoms with Crippen molar-refractivity contribution < 1.29 is 0 Å². The Balaban J connectivity index is 1.73. The maximum absolute atomic E-state index is 4.26. The van der Waals surface area contributed by atoms with E-state index in [-0.39, 0.29) is 0 Å². The van der Waals surface area contributed by atoms with Crippen molar-refractivity contribution in [1.82, 2.24) is 15.1 Å². The van der Waals surface area contributed by atoms with Crippen LogP contribution in [0.25, 0.3) is 0 Å². The van der Waals surface area contributed by atoms with Crippen LogP contribution in [0.4, 0.5) is 0 Å². The highest BCUT2D eigenvalue weighted by Crippen LogP contribution is 2.39. The molecule has 0 aromatic carbocycles. The predicted molar refractivity (Wildman–Crippen MR) is 61.6 cm³/mol. The van der Waals surface area contributed by atoms with E-state index in [9.17, 15) is 0 Å². The third-order valence-corrected chi connectivity index (χ3v) is 3.45. The summed E-state index contributed by atoms with van der Waals surface area (Å²) in [5.41, 5.74) is 1.86. The van der Waals surface area contributed by atoms with Crippen LogP contribution in [0.15, 0.2) is 12.4 Å². The fraction of sp³-hybridized carbons (Fsp3) is 0.750. The molecule has 1 N–H and O–H groups in total. The van der Waals surface area contributed by atoms with Gasteiger partial charge in [0.2, 0.25) is 0 Å². The van der Waals surface area contributed by atoms with Crippen LogP contribution in [0.2, 0.25) is 0 Å². The number of hydrogen-bond donors (Lipinski definition) is 1. The van der Waals surface area contributed by atoms with Crippen LogP contribution in [-0.4, -0.2) is 16.3 Å². The summed E-state index contributed by atoms with van der Waals surface area (Å²) in [6, 6.07) is 0. The lowest BCUT2D eigenvalue weighted by molar-refractivity contribution is 0.156. The van der Waals surface area contributed by atoms with Crippen molar-refractivity contribution in [3.05, 3.63) is 18.0 Å². The van der Waals surface area contributed by atoms with E-state index in [0.717, 1.165) is 19.6 Å². The zero-order valence-electron chi connectivity index (χ0n) is 9.79. The molecule has 0 saturated heterocycles. The lowest BCUT2D eigenvalue weighted by Gasteiger charge is -2.38. The minimum absolute atomic E-state index is 0.570. The smallest absolute Gasteiger partial charge is 0.0534 e.